The summed E-state index contributed by atoms with van der Waals surface area (Å²) in [5.41, 5.74) is 0. The molecule has 1 rings (SSSR count). The molecule has 4 heteroatoms. The number of ether oxygens (including phenoxy) is 2. The van der Waals surface area contributed by atoms with Gasteiger partial charge >= 0.3 is 0 Å². The van der Waals surface area contributed by atoms with Crippen molar-refractivity contribution in [3.63, 3.8) is 0 Å². The van der Waals surface area contributed by atoms with Gasteiger partial charge in [0.25, 0.3) is 0 Å². The van der Waals surface area contributed by atoms with Gasteiger partial charge in [0, 0.05) is 33.4 Å². The van der Waals surface area contributed by atoms with E-state index in [4.69, 9.17) is 9.47 Å². The van der Waals surface area contributed by atoms with Crippen LogP contribution in [-0.4, -0.2) is 64.6 Å². The predicted molar refractivity (Wildman–Crippen MR) is 74.9 cm³/mol. The summed E-state index contributed by atoms with van der Waals surface area (Å²) in [6.45, 7) is 12.8. The van der Waals surface area contributed by atoms with E-state index in [-0.39, 0.29) is 0 Å². The quantitative estimate of drug-likeness (QED) is 0.696. The molecule has 1 heterocycles. The van der Waals surface area contributed by atoms with E-state index in [1.807, 2.05) is 0 Å². The topological polar surface area (TPSA) is 33.7 Å². The van der Waals surface area contributed by atoms with Gasteiger partial charge in [-0.25, -0.2) is 0 Å². The summed E-state index contributed by atoms with van der Waals surface area (Å²) in [6, 6.07) is 0. The molecule has 0 bridgehead atoms. The lowest BCUT2D eigenvalue weighted by atomic mass is 10.1. The third kappa shape index (κ3) is 7.31. The number of methoxy groups -OCH3 is 1. The molecule has 1 aliphatic heterocycles. The van der Waals surface area contributed by atoms with Crippen molar-refractivity contribution in [3.8, 4) is 0 Å². The first-order chi connectivity index (χ1) is 8.72. The minimum absolute atomic E-state index is 0.698. The minimum Gasteiger partial charge on any atom is -0.382 e. The lowest BCUT2D eigenvalue weighted by Crippen LogP contribution is -2.43. The summed E-state index contributed by atoms with van der Waals surface area (Å²) in [7, 11) is 1.71. The number of hydrogen-bond donors (Lipinski definition) is 1. The van der Waals surface area contributed by atoms with Crippen molar-refractivity contribution < 1.29 is 9.47 Å². The lowest BCUT2D eigenvalue weighted by molar-refractivity contribution is 0.0630. The molecule has 4 nitrogen and oxygen atoms in total. The van der Waals surface area contributed by atoms with Gasteiger partial charge in [-0.05, 0) is 31.3 Å². The summed E-state index contributed by atoms with van der Waals surface area (Å²) in [5.74, 6) is 1.49. The maximum Gasteiger partial charge on any atom is 0.0700 e. The third-order valence-corrected chi connectivity index (χ3v) is 3.32. The van der Waals surface area contributed by atoms with E-state index in [1.165, 1.54) is 13.1 Å². The van der Waals surface area contributed by atoms with Crippen LogP contribution in [-0.2, 0) is 9.47 Å². The van der Waals surface area contributed by atoms with Crippen LogP contribution in [0, 0.1) is 11.8 Å². The van der Waals surface area contributed by atoms with Crippen LogP contribution in [0.1, 0.15) is 20.3 Å². The summed E-state index contributed by atoms with van der Waals surface area (Å²) in [4.78, 5) is 2.59. The van der Waals surface area contributed by atoms with Gasteiger partial charge in [-0.1, -0.05) is 13.8 Å². The number of hydrogen-bond acceptors (Lipinski definition) is 4. The number of nitrogens with zero attached hydrogens (tertiary/aromatic N) is 1. The van der Waals surface area contributed by atoms with E-state index in [0.29, 0.717) is 13.2 Å². The van der Waals surface area contributed by atoms with Gasteiger partial charge in [0.15, 0.2) is 0 Å². The highest BCUT2D eigenvalue weighted by molar-refractivity contribution is 4.72. The molecule has 0 saturated carbocycles. The Morgan fingerprint density at radius 2 is 1.72 bits per heavy atom. The normalized spacial score (nSPS) is 26.8. The molecule has 0 aliphatic carbocycles. The second kappa shape index (κ2) is 9.73. The maximum atomic E-state index is 5.51. The number of nitrogens with one attached hydrogen (secondary N) is 1. The van der Waals surface area contributed by atoms with Gasteiger partial charge < -0.3 is 19.7 Å². The van der Waals surface area contributed by atoms with E-state index in [1.54, 1.807) is 7.11 Å². The van der Waals surface area contributed by atoms with Crippen LogP contribution in [0.3, 0.4) is 0 Å². The second-order valence-electron chi connectivity index (χ2n) is 5.59. The molecular formula is C14H30N2O2. The maximum absolute atomic E-state index is 5.51. The smallest absolute Gasteiger partial charge is 0.0700 e. The Morgan fingerprint density at radius 1 is 1.06 bits per heavy atom. The Kier molecular flexibility index (Phi) is 8.59. The van der Waals surface area contributed by atoms with Crippen molar-refractivity contribution in [2.45, 2.75) is 20.3 Å². The van der Waals surface area contributed by atoms with Crippen LogP contribution in [0.4, 0.5) is 0 Å². The minimum atomic E-state index is 0.698. The average molecular weight is 258 g/mol. The SMILES string of the molecule is COCCOCCCN1CC(C)CNCC(C)C1. The van der Waals surface area contributed by atoms with Crippen molar-refractivity contribution in [2.75, 3.05) is 59.7 Å². The molecule has 2 atom stereocenters. The van der Waals surface area contributed by atoms with Gasteiger partial charge in [0.1, 0.15) is 0 Å². The van der Waals surface area contributed by atoms with Crippen LogP contribution < -0.4 is 5.32 Å². The molecule has 18 heavy (non-hydrogen) atoms. The number of rotatable bonds is 7. The highest BCUT2D eigenvalue weighted by atomic mass is 16.5. The predicted octanol–water partition coefficient (Wildman–Crippen LogP) is 1.22. The molecule has 0 aromatic carbocycles. The average Bonchev–Trinajstić information content (AvgIpc) is 2.31. The fourth-order valence-electron chi connectivity index (χ4n) is 2.48. The van der Waals surface area contributed by atoms with Crippen LogP contribution in [0.15, 0.2) is 0 Å². The largest absolute Gasteiger partial charge is 0.382 e. The first-order valence-electron chi connectivity index (χ1n) is 7.22. The Hall–Kier alpha value is -0.160. The zero-order valence-corrected chi connectivity index (χ0v) is 12.3. The second-order valence-corrected chi connectivity index (χ2v) is 5.59. The lowest BCUT2D eigenvalue weighted by Gasteiger charge is -2.31. The zero-order chi connectivity index (χ0) is 13.2. The Balaban J connectivity index is 2.13. The van der Waals surface area contributed by atoms with E-state index in [0.717, 1.165) is 44.5 Å². The fourth-order valence-corrected chi connectivity index (χ4v) is 2.48. The molecule has 0 radical (unpaired) electrons. The summed E-state index contributed by atoms with van der Waals surface area (Å²) >= 11 is 0. The van der Waals surface area contributed by atoms with Crippen LogP contribution in [0.5, 0.6) is 0 Å². The summed E-state index contributed by atoms with van der Waals surface area (Å²) < 4.78 is 10.5. The fraction of sp³-hybridized carbons (Fsp3) is 1.00. The van der Waals surface area contributed by atoms with Gasteiger partial charge in [-0.2, -0.15) is 0 Å². The van der Waals surface area contributed by atoms with Gasteiger partial charge in [-0.3, -0.25) is 0 Å². The van der Waals surface area contributed by atoms with Crippen molar-refractivity contribution in [1.29, 1.82) is 0 Å². The van der Waals surface area contributed by atoms with Crippen molar-refractivity contribution >= 4 is 0 Å². The highest BCUT2D eigenvalue weighted by Crippen LogP contribution is 2.08. The first-order valence-corrected chi connectivity index (χ1v) is 7.22. The van der Waals surface area contributed by atoms with E-state index in [9.17, 15) is 0 Å². The zero-order valence-electron chi connectivity index (χ0n) is 12.3. The third-order valence-electron chi connectivity index (χ3n) is 3.32. The monoisotopic (exact) mass is 258 g/mol. The molecular weight excluding hydrogens is 228 g/mol. The molecule has 1 N–H and O–H groups in total. The van der Waals surface area contributed by atoms with Crippen molar-refractivity contribution in [1.82, 2.24) is 10.2 Å². The molecule has 1 aliphatic rings. The standard InChI is InChI=1S/C14H30N2O2/c1-13-9-15-10-14(2)12-16(11-13)5-4-6-18-8-7-17-3/h13-15H,4-12H2,1-3H3. The first kappa shape index (κ1) is 15.9. The van der Waals surface area contributed by atoms with E-state index < -0.39 is 0 Å². The molecule has 0 aromatic heterocycles. The van der Waals surface area contributed by atoms with Crippen molar-refractivity contribution in [2.24, 2.45) is 11.8 Å². The van der Waals surface area contributed by atoms with Crippen LogP contribution in [0.25, 0.3) is 0 Å². The van der Waals surface area contributed by atoms with Crippen LogP contribution >= 0.6 is 0 Å². The highest BCUT2D eigenvalue weighted by Gasteiger charge is 2.16. The molecule has 2 unspecified atom stereocenters. The van der Waals surface area contributed by atoms with E-state index in [2.05, 4.69) is 24.1 Å². The van der Waals surface area contributed by atoms with E-state index >= 15 is 0 Å². The summed E-state index contributed by atoms with van der Waals surface area (Å²) in [6.07, 6.45) is 1.12. The summed E-state index contributed by atoms with van der Waals surface area (Å²) in [5, 5.41) is 3.53. The molecule has 1 saturated heterocycles. The van der Waals surface area contributed by atoms with Gasteiger partial charge in [0.05, 0.1) is 13.2 Å². The van der Waals surface area contributed by atoms with Crippen molar-refractivity contribution in [3.05, 3.63) is 0 Å². The van der Waals surface area contributed by atoms with Crippen LogP contribution in [0.2, 0.25) is 0 Å². The Morgan fingerprint density at radius 3 is 2.33 bits per heavy atom. The molecule has 108 valence electrons. The van der Waals surface area contributed by atoms with Gasteiger partial charge in [-0.15, -0.1) is 0 Å². The van der Waals surface area contributed by atoms with Gasteiger partial charge in [0.2, 0.25) is 0 Å². The molecule has 0 amide bonds. The Labute approximate surface area is 112 Å². The Bertz CT molecular complexity index is 190. The molecule has 1 fully saturated rings. The molecule has 0 aromatic rings. The molecule has 0 spiro atoms.